The van der Waals surface area contributed by atoms with Crippen molar-refractivity contribution < 1.29 is 0 Å². The van der Waals surface area contributed by atoms with Crippen molar-refractivity contribution in [3.05, 3.63) is 47.4 Å². The van der Waals surface area contributed by atoms with Crippen molar-refractivity contribution in [2.24, 2.45) is 0 Å². The van der Waals surface area contributed by atoms with Crippen LogP contribution in [-0.2, 0) is 6.54 Å². The zero-order valence-electron chi connectivity index (χ0n) is 9.94. The molecule has 4 nitrogen and oxygen atoms in total. The third-order valence-electron chi connectivity index (χ3n) is 2.86. The lowest BCUT2D eigenvalue weighted by Crippen LogP contribution is -2.01. The molecule has 0 saturated heterocycles. The molecule has 0 aliphatic carbocycles. The Morgan fingerprint density at radius 2 is 1.94 bits per heavy atom. The van der Waals surface area contributed by atoms with Crippen LogP contribution in [0, 0.1) is 13.8 Å². The van der Waals surface area contributed by atoms with E-state index in [9.17, 15) is 0 Å². The second-order valence-electron chi connectivity index (χ2n) is 4.34. The summed E-state index contributed by atoms with van der Waals surface area (Å²) in [7, 11) is 0. The number of rotatable bonds is 2. The highest BCUT2D eigenvalue weighted by Gasteiger charge is 2.06. The molecule has 2 heterocycles. The summed E-state index contributed by atoms with van der Waals surface area (Å²) in [4.78, 5) is 7.58. The van der Waals surface area contributed by atoms with Crippen LogP contribution in [0.25, 0.3) is 11.2 Å². The molecule has 2 aromatic heterocycles. The standard InChI is InChI=1S/C13H14N4/c1-9-3-5-11(6-4-9)8-17-13-12(7-14-17)15-10(2)16-13/h3-7H,8H2,1-2H3,(H,15,16). The van der Waals surface area contributed by atoms with Crippen LogP contribution in [0.3, 0.4) is 0 Å². The van der Waals surface area contributed by atoms with Gasteiger partial charge in [-0.25, -0.2) is 9.67 Å². The first-order valence-corrected chi connectivity index (χ1v) is 5.66. The van der Waals surface area contributed by atoms with Gasteiger partial charge in [0.1, 0.15) is 11.3 Å². The minimum atomic E-state index is 0.769. The number of fused-ring (bicyclic) bond motifs is 1. The van der Waals surface area contributed by atoms with E-state index in [0.29, 0.717) is 0 Å². The number of H-pyrrole nitrogens is 1. The molecule has 1 aromatic carbocycles. The van der Waals surface area contributed by atoms with Crippen LogP contribution in [0.15, 0.2) is 30.5 Å². The number of aryl methyl sites for hydroxylation is 2. The van der Waals surface area contributed by atoms with E-state index in [1.165, 1.54) is 11.1 Å². The Hall–Kier alpha value is -2.10. The van der Waals surface area contributed by atoms with Crippen LogP contribution >= 0.6 is 0 Å². The van der Waals surface area contributed by atoms with E-state index in [0.717, 1.165) is 23.5 Å². The number of hydrogen-bond acceptors (Lipinski definition) is 2. The van der Waals surface area contributed by atoms with Crippen LogP contribution in [0.2, 0.25) is 0 Å². The van der Waals surface area contributed by atoms with Crippen molar-refractivity contribution >= 4 is 11.2 Å². The first-order chi connectivity index (χ1) is 8.22. The molecule has 0 fully saturated rings. The molecule has 4 heteroatoms. The quantitative estimate of drug-likeness (QED) is 0.729. The molecule has 86 valence electrons. The maximum Gasteiger partial charge on any atom is 0.156 e. The third kappa shape index (κ3) is 1.82. The molecule has 0 bridgehead atoms. The Kier molecular flexibility index (Phi) is 2.21. The smallest absolute Gasteiger partial charge is 0.156 e. The van der Waals surface area contributed by atoms with Crippen LogP contribution < -0.4 is 0 Å². The van der Waals surface area contributed by atoms with Gasteiger partial charge in [0.15, 0.2) is 5.65 Å². The number of nitrogens with one attached hydrogen (secondary N) is 1. The lowest BCUT2D eigenvalue weighted by Gasteiger charge is -2.03. The fourth-order valence-corrected chi connectivity index (χ4v) is 1.95. The summed E-state index contributed by atoms with van der Waals surface area (Å²) in [5.41, 5.74) is 4.43. The SMILES string of the molecule is Cc1ccc(Cn2ncc3nc(C)[nH]c32)cc1. The summed E-state index contributed by atoms with van der Waals surface area (Å²) < 4.78 is 1.94. The number of aromatic nitrogens is 4. The summed E-state index contributed by atoms with van der Waals surface area (Å²) in [6.45, 7) is 4.82. The topological polar surface area (TPSA) is 46.5 Å². The molecule has 0 aliphatic heterocycles. The maximum atomic E-state index is 4.35. The van der Waals surface area contributed by atoms with Gasteiger partial charge < -0.3 is 4.98 Å². The van der Waals surface area contributed by atoms with Crippen molar-refractivity contribution in [3.8, 4) is 0 Å². The lowest BCUT2D eigenvalue weighted by atomic mass is 10.1. The highest BCUT2D eigenvalue weighted by atomic mass is 15.3. The molecular weight excluding hydrogens is 212 g/mol. The second kappa shape index (κ2) is 3.73. The summed E-state index contributed by atoms with van der Waals surface area (Å²) >= 11 is 0. The van der Waals surface area contributed by atoms with Crippen LogP contribution in [0.4, 0.5) is 0 Å². The first kappa shape index (κ1) is 10.1. The Morgan fingerprint density at radius 1 is 1.18 bits per heavy atom. The molecule has 0 amide bonds. The van der Waals surface area contributed by atoms with Crippen LogP contribution in [0.1, 0.15) is 17.0 Å². The molecule has 0 aliphatic rings. The highest BCUT2D eigenvalue weighted by molar-refractivity contribution is 5.70. The molecule has 3 rings (SSSR count). The normalized spacial score (nSPS) is 11.2. The summed E-state index contributed by atoms with van der Waals surface area (Å²) in [5, 5.41) is 4.34. The van der Waals surface area contributed by atoms with Gasteiger partial charge in [-0.2, -0.15) is 5.10 Å². The zero-order valence-corrected chi connectivity index (χ0v) is 9.94. The van der Waals surface area contributed by atoms with Gasteiger partial charge in [-0.05, 0) is 19.4 Å². The number of nitrogens with zero attached hydrogens (tertiary/aromatic N) is 3. The van der Waals surface area contributed by atoms with Gasteiger partial charge in [0.05, 0.1) is 12.7 Å². The molecule has 1 N–H and O–H groups in total. The van der Waals surface area contributed by atoms with E-state index in [1.54, 1.807) is 6.20 Å². The summed E-state index contributed by atoms with van der Waals surface area (Å²) in [6.07, 6.45) is 1.80. The monoisotopic (exact) mass is 226 g/mol. The first-order valence-electron chi connectivity index (χ1n) is 5.66. The molecule has 3 aromatic rings. The molecule has 0 unspecified atom stereocenters. The van der Waals surface area contributed by atoms with Crippen molar-refractivity contribution in [2.75, 3.05) is 0 Å². The van der Waals surface area contributed by atoms with Gasteiger partial charge in [-0.15, -0.1) is 0 Å². The summed E-state index contributed by atoms with van der Waals surface area (Å²) in [6, 6.07) is 8.50. The highest BCUT2D eigenvalue weighted by Crippen LogP contribution is 2.12. The minimum Gasteiger partial charge on any atom is -0.327 e. The van der Waals surface area contributed by atoms with E-state index < -0.39 is 0 Å². The van der Waals surface area contributed by atoms with Crippen molar-refractivity contribution in [1.82, 2.24) is 19.7 Å². The molecule has 0 radical (unpaired) electrons. The Bertz CT molecular complexity index is 646. The van der Waals surface area contributed by atoms with Crippen LogP contribution in [-0.4, -0.2) is 19.7 Å². The Labute approximate surface area is 99.3 Å². The predicted molar refractivity (Wildman–Crippen MR) is 66.9 cm³/mol. The van der Waals surface area contributed by atoms with E-state index in [-0.39, 0.29) is 0 Å². The minimum absolute atomic E-state index is 0.769. The zero-order chi connectivity index (χ0) is 11.8. The van der Waals surface area contributed by atoms with Gasteiger partial charge in [0.2, 0.25) is 0 Å². The van der Waals surface area contributed by atoms with Gasteiger partial charge in [0.25, 0.3) is 0 Å². The maximum absolute atomic E-state index is 4.35. The second-order valence-corrected chi connectivity index (χ2v) is 4.34. The molecule has 0 atom stereocenters. The van der Waals surface area contributed by atoms with Crippen molar-refractivity contribution in [1.29, 1.82) is 0 Å². The lowest BCUT2D eigenvalue weighted by molar-refractivity contribution is 0.703. The molecule has 17 heavy (non-hydrogen) atoms. The molecule has 0 spiro atoms. The van der Waals surface area contributed by atoms with E-state index >= 15 is 0 Å². The molecular formula is C13H14N4. The van der Waals surface area contributed by atoms with Crippen molar-refractivity contribution in [2.45, 2.75) is 20.4 Å². The average molecular weight is 226 g/mol. The largest absolute Gasteiger partial charge is 0.327 e. The number of hydrogen-bond donors (Lipinski definition) is 1. The Morgan fingerprint density at radius 3 is 2.71 bits per heavy atom. The number of imidazole rings is 1. The van der Waals surface area contributed by atoms with E-state index in [2.05, 4.69) is 46.3 Å². The number of aromatic amines is 1. The number of benzene rings is 1. The predicted octanol–water partition coefficient (Wildman–Crippen LogP) is 2.42. The Balaban J connectivity index is 1.96. The van der Waals surface area contributed by atoms with E-state index in [1.807, 2.05) is 11.6 Å². The van der Waals surface area contributed by atoms with Crippen LogP contribution in [0.5, 0.6) is 0 Å². The van der Waals surface area contributed by atoms with Gasteiger partial charge >= 0.3 is 0 Å². The van der Waals surface area contributed by atoms with E-state index in [4.69, 9.17) is 0 Å². The van der Waals surface area contributed by atoms with Crippen molar-refractivity contribution in [3.63, 3.8) is 0 Å². The fraction of sp³-hybridized carbons (Fsp3) is 0.231. The summed E-state index contributed by atoms with van der Waals surface area (Å²) in [5.74, 6) is 0.926. The fourth-order valence-electron chi connectivity index (χ4n) is 1.95. The third-order valence-corrected chi connectivity index (χ3v) is 2.86. The van der Waals surface area contributed by atoms with Gasteiger partial charge in [0, 0.05) is 0 Å². The van der Waals surface area contributed by atoms with Gasteiger partial charge in [-0.3, -0.25) is 0 Å². The van der Waals surface area contributed by atoms with Gasteiger partial charge in [-0.1, -0.05) is 29.8 Å². The average Bonchev–Trinajstić information content (AvgIpc) is 2.83. The molecule has 0 saturated carbocycles.